The smallest absolute Gasteiger partial charge is 0.151 e. The Balaban J connectivity index is 2.08. The van der Waals surface area contributed by atoms with Crippen LogP contribution < -0.4 is 5.73 Å². The van der Waals surface area contributed by atoms with Gasteiger partial charge in [0, 0.05) is 18.8 Å². The molecule has 0 atom stereocenters. The van der Waals surface area contributed by atoms with Gasteiger partial charge in [-0.15, -0.1) is 0 Å². The van der Waals surface area contributed by atoms with Gasteiger partial charge in [-0.25, -0.2) is 9.97 Å². The Morgan fingerprint density at radius 2 is 1.96 bits per heavy atom. The zero-order valence-corrected chi connectivity index (χ0v) is 13.6. The number of aromatic nitrogens is 3. The first kappa shape index (κ1) is 15.5. The molecule has 0 aliphatic heterocycles. The number of nitrogens with one attached hydrogen (secondary N) is 1. The third kappa shape index (κ3) is 3.19. The number of H-pyrrole nitrogens is 1. The second kappa shape index (κ2) is 6.79. The second-order valence-corrected chi connectivity index (χ2v) is 5.52. The lowest BCUT2D eigenvalue weighted by molar-refractivity contribution is 0.145. The highest BCUT2D eigenvalue weighted by Gasteiger charge is 2.17. The fourth-order valence-electron chi connectivity index (χ4n) is 2.84. The van der Waals surface area contributed by atoms with Gasteiger partial charge in [0.15, 0.2) is 5.82 Å². The molecule has 0 unspecified atom stereocenters. The van der Waals surface area contributed by atoms with Gasteiger partial charge in [-0.1, -0.05) is 30.3 Å². The van der Waals surface area contributed by atoms with Crippen molar-refractivity contribution in [2.45, 2.75) is 26.7 Å². The number of fused-ring (bicyclic) bond motifs is 1. The molecule has 0 amide bonds. The van der Waals surface area contributed by atoms with Crippen LogP contribution in [0.2, 0.25) is 0 Å². The van der Waals surface area contributed by atoms with Crippen LogP contribution in [0.25, 0.3) is 22.3 Å². The van der Waals surface area contributed by atoms with E-state index in [1.807, 2.05) is 32.0 Å². The molecule has 3 N–H and O–H groups in total. The van der Waals surface area contributed by atoms with Gasteiger partial charge >= 0.3 is 0 Å². The molecule has 3 rings (SSSR count). The molecule has 120 valence electrons. The van der Waals surface area contributed by atoms with Crippen LogP contribution in [-0.2, 0) is 11.2 Å². The maximum atomic E-state index is 6.09. The summed E-state index contributed by atoms with van der Waals surface area (Å²) in [5.41, 5.74) is 11.2. The number of hydrogen-bond donors (Lipinski definition) is 2. The van der Waals surface area contributed by atoms with E-state index in [9.17, 15) is 0 Å². The second-order valence-electron chi connectivity index (χ2n) is 5.52. The molecule has 2 heterocycles. The van der Waals surface area contributed by atoms with Gasteiger partial charge in [0.2, 0.25) is 0 Å². The summed E-state index contributed by atoms with van der Waals surface area (Å²) >= 11 is 0. The van der Waals surface area contributed by atoms with E-state index in [1.54, 1.807) is 0 Å². The zero-order valence-electron chi connectivity index (χ0n) is 13.6. The first-order valence-corrected chi connectivity index (χ1v) is 7.98. The molecule has 23 heavy (non-hydrogen) atoms. The average Bonchev–Trinajstić information content (AvgIpc) is 2.91. The third-order valence-corrected chi connectivity index (χ3v) is 3.87. The Labute approximate surface area is 135 Å². The maximum absolute atomic E-state index is 6.09. The predicted octanol–water partition coefficient (Wildman–Crippen LogP) is 3.48. The van der Waals surface area contributed by atoms with Gasteiger partial charge < -0.3 is 15.5 Å². The minimum absolute atomic E-state index is 0.501. The van der Waals surface area contributed by atoms with Gasteiger partial charge in [0.05, 0.1) is 11.2 Å². The lowest BCUT2D eigenvalue weighted by Crippen LogP contribution is -1.99. The van der Waals surface area contributed by atoms with E-state index in [4.69, 9.17) is 10.5 Å². The third-order valence-electron chi connectivity index (χ3n) is 3.87. The minimum Gasteiger partial charge on any atom is -0.382 e. The van der Waals surface area contributed by atoms with Crippen LogP contribution in [0.15, 0.2) is 30.3 Å². The maximum Gasteiger partial charge on any atom is 0.151 e. The fourth-order valence-corrected chi connectivity index (χ4v) is 2.84. The van der Waals surface area contributed by atoms with Crippen LogP contribution in [0.5, 0.6) is 0 Å². The monoisotopic (exact) mass is 310 g/mol. The molecular formula is C18H22N4O. The van der Waals surface area contributed by atoms with E-state index in [-0.39, 0.29) is 0 Å². The fraction of sp³-hybridized carbons (Fsp3) is 0.333. The zero-order chi connectivity index (χ0) is 16.2. The van der Waals surface area contributed by atoms with Crippen molar-refractivity contribution in [2.75, 3.05) is 18.9 Å². The van der Waals surface area contributed by atoms with Crippen molar-refractivity contribution < 1.29 is 4.74 Å². The summed E-state index contributed by atoms with van der Waals surface area (Å²) in [5.74, 6) is 1.19. The molecule has 0 aliphatic carbocycles. The number of anilines is 1. The summed E-state index contributed by atoms with van der Waals surface area (Å²) in [4.78, 5) is 12.3. The molecule has 3 aromatic rings. The molecule has 0 bridgehead atoms. The van der Waals surface area contributed by atoms with Crippen molar-refractivity contribution in [3.05, 3.63) is 41.7 Å². The molecular weight excluding hydrogens is 288 g/mol. The molecule has 0 saturated heterocycles. The SMILES string of the molecule is CCOCCCc1c(-c2ccccc2)[nH]c2c(N)nc(C)nc12. The Bertz CT molecular complexity index is 796. The van der Waals surface area contributed by atoms with E-state index < -0.39 is 0 Å². The highest BCUT2D eigenvalue weighted by atomic mass is 16.5. The van der Waals surface area contributed by atoms with Crippen molar-refractivity contribution in [1.82, 2.24) is 15.0 Å². The van der Waals surface area contributed by atoms with Crippen molar-refractivity contribution in [3.8, 4) is 11.3 Å². The van der Waals surface area contributed by atoms with Gasteiger partial charge in [-0.2, -0.15) is 0 Å². The number of nitrogen functional groups attached to an aromatic ring is 1. The predicted molar refractivity (Wildman–Crippen MR) is 93.3 cm³/mol. The summed E-state index contributed by atoms with van der Waals surface area (Å²) in [6.45, 7) is 5.37. The number of aromatic amines is 1. The van der Waals surface area contributed by atoms with Gasteiger partial charge in [0.1, 0.15) is 11.3 Å². The molecule has 2 aromatic heterocycles. The molecule has 0 aliphatic rings. The summed E-state index contributed by atoms with van der Waals surface area (Å²) in [7, 11) is 0. The number of ether oxygens (including phenoxy) is 1. The van der Waals surface area contributed by atoms with Crippen LogP contribution in [0.4, 0.5) is 5.82 Å². The number of aryl methyl sites for hydroxylation is 2. The van der Waals surface area contributed by atoms with Crippen LogP contribution >= 0.6 is 0 Å². The summed E-state index contributed by atoms with van der Waals surface area (Å²) in [5, 5.41) is 0. The van der Waals surface area contributed by atoms with E-state index in [0.29, 0.717) is 11.6 Å². The van der Waals surface area contributed by atoms with Gasteiger partial charge in [-0.05, 0) is 32.3 Å². The van der Waals surface area contributed by atoms with Crippen molar-refractivity contribution in [1.29, 1.82) is 0 Å². The van der Waals surface area contributed by atoms with Crippen LogP contribution in [0.1, 0.15) is 24.7 Å². The van der Waals surface area contributed by atoms with Crippen molar-refractivity contribution in [2.24, 2.45) is 0 Å². The molecule has 0 spiro atoms. The Hall–Kier alpha value is -2.40. The molecule has 0 radical (unpaired) electrons. The molecule has 1 aromatic carbocycles. The highest BCUT2D eigenvalue weighted by Crippen LogP contribution is 2.32. The number of rotatable bonds is 6. The highest BCUT2D eigenvalue weighted by molar-refractivity contribution is 5.93. The number of hydrogen-bond acceptors (Lipinski definition) is 4. The summed E-state index contributed by atoms with van der Waals surface area (Å²) in [6.07, 6.45) is 1.84. The average molecular weight is 310 g/mol. The first-order chi connectivity index (χ1) is 11.2. The normalized spacial score (nSPS) is 11.2. The quantitative estimate of drug-likeness (QED) is 0.683. The lowest BCUT2D eigenvalue weighted by Gasteiger charge is -2.05. The van der Waals surface area contributed by atoms with Crippen molar-refractivity contribution in [3.63, 3.8) is 0 Å². The first-order valence-electron chi connectivity index (χ1n) is 7.98. The van der Waals surface area contributed by atoms with Gasteiger partial charge in [-0.3, -0.25) is 0 Å². The number of nitrogens with two attached hydrogens (primary N) is 1. The Morgan fingerprint density at radius 3 is 2.70 bits per heavy atom. The van der Waals surface area contributed by atoms with E-state index in [1.165, 1.54) is 5.56 Å². The van der Waals surface area contributed by atoms with E-state index in [0.717, 1.165) is 48.3 Å². The molecule has 5 heteroatoms. The minimum atomic E-state index is 0.501. The lowest BCUT2D eigenvalue weighted by atomic mass is 10.0. The largest absolute Gasteiger partial charge is 0.382 e. The number of nitrogens with zero attached hydrogens (tertiary/aromatic N) is 2. The topological polar surface area (TPSA) is 76.8 Å². The molecule has 0 fully saturated rings. The van der Waals surface area contributed by atoms with Crippen LogP contribution in [-0.4, -0.2) is 28.2 Å². The van der Waals surface area contributed by atoms with E-state index in [2.05, 4.69) is 27.1 Å². The summed E-state index contributed by atoms with van der Waals surface area (Å²) < 4.78 is 5.47. The molecule has 5 nitrogen and oxygen atoms in total. The Kier molecular flexibility index (Phi) is 4.57. The standard InChI is InChI=1S/C18H22N4O/c1-3-23-11-7-10-14-15(13-8-5-4-6-9-13)22-17-16(14)20-12(2)21-18(17)19/h4-6,8-9,22H,3,7,10-11H2,1-2H3,(H2,19,20,21). The number of benzene rings is 1. The summed E-state index contributed by atoms with van der Waals surface area (Å²) in [6, 6.07) is 10.3. The van der Waals surface area contributed by atoms with Crippen LogP contribution in [0.3, 0.4) is 0 Å². The van der Waals surface area contributed by atoms with Gasteiger partial charge in [0.25, 0.3) is 0 Å². The Morgan fingerprint density at radius 1 is 1.17 bits per heavy atom. The molecule has 0 saturated carbocycles. The van der Waals surface area contributed by atoms with Crippen molar-refractivity contribution >= 4 is 16.9 Å². The van der Waals surface area contributed by atoms with Crippen LogP contribution in [0, 0.1) is 6.92 Å². The van der Waals surface area contributed by atoms with E-state index >= 15 is 0 Å².